The van der Waals surface area contributed by atoms with Crippen LogP contribution in [0.1, 0.15) is 59.2 Å². The molecule has 3 aliphatic heterocycles. The number of nitrogens with zero attached hydrogens (tertiary/aromatic N) is 2. The number of fused-ring (bicyclic) bond motifs is 3. The lowest BCUT2D eigenvalue weighted by atomic mass is 9.98. The van der Waals surface area contributed by atoms with E-state index < -0.39 is 15.9 Å². The second kappa shape index (κ2) is 6.71. The normalized spacial score (nSPS) is 30.0. The zero-order chi connectivity index (χ0) is 18.9. The minimum absolute atomic E-state index is 0. The highest BCUT2D eigenvalue weighted by atomic mass is 35.5. The zero-order valence-corrected chi connectivity index (χ0v) is 17.3. The van der Waals surface area contributed by atoms with Crippen molar-refractivity contribution in [3.8, 4) is 0 Å². The summed E-state index contributed by atoms with van der Waals surface area (Å²) in [6, 6.07) is 5.33. The average molecular weight is 426 g/mol. The first-order valence-electron chi connectivity index (χ1n) is 9.62. The molecule has 7 nitrogen and oxygen atoms in total. The van der Waals surface area contributed by atoms with Gasteiger partial charge in [-0.2, -0.15) is 0 Å². The highest BCUT2D eigenvalue weighted by Crippen LogP contribution is 2.40. The quantitative estimate of drug-likeness (QED) is 0.797. The molecule has 0 aromatic heterocycles. The van der Waals surface area contributed by atoms with Crippen molar-refractivity contribution in [2.45, 2.75) is 67.6 Å². The van der Waals surface area contributed by atoms with Gasteiger partial charge in [0.2, 0.25) is 0 Å². The molecule has 1 N–H and O–H groups in total. The summed E-state index contributed by atoms with van der Waals surface area (Å²) < 4.78 is 26.6. The second-order valence-electron chi connectivity index (χ2n) is 8.23. The molecule has 2 bridgehead atoms. The van der Waals surface area contributed by atoms with Crippen molar-refractivity contribution in [1.29, 1.82) is 0 Å². The number of halogens is 1. The SMILES string of the molecule is CN(C(=O)c1ccc2c(c1)S(=O)(=O)N(C1CC1)C2=O)C1CC2CCC(C1)N2.Cl. The molecule has 3 fully saturated rings. The summed E-state index contributed by atoms with van der Waals surface area (Å²) in [5.41, 5.74) is 0.511. The van der Waals surface area contributed by atoms with E-state index in [1.54, 1.807) is 18.0 Å². The predicted octanol–water partition coefficient (Wildman–Crippen LogP) is 1.77. The maximum Gasteiger partial charge on any atom is 0.269 e. The van der Waals surface area contributed by atoms with Crippen LogP contribution in [-0.4, -0.2) is 60.7 Å². The molecular weight excluding hydrogens is 402 g/mol. The van der Waals surface area contributed by atoms with E-state index in [2.05, 4.69) is 5.32 Å². The number of hydrogen-bond acceptors (Lipinski definition) is 5. The number of amides is 2. The molecular formula is C19H24ClN3O4S. The molecule has 4 aliphatic rings. The molecule has 2 unspecified atom stereocenters. The Labute approximate surface area is 170 Å². The van der Waals surface area contributed by atoms with Crippen molar-refractivity contribution in [3.05, 3.63) is 29.3 Å². The zero-order valence-electron chi connectivity index (χ0n) is 15.6. The van der Waals surface area contributed by atoms with Crippen molar-refractivity contribution in [2.75, 3.05) is 7.05 Å². The summed E-state index contributed by atoms with van der Waals surface area (Å²) in [4.78, 5) is 27.2. The van der Waals surface area contributed by atoms with Crippen molar-refractivity contribution < 1.29 is 18.0 Å². The van der Waals surface area contributed by atoms with Crippen LogP contribution in [0.25, 0.3) is 0 Å². The van der Waals surface area contributed by atoms with Crippen LogP contribution < -0.4 is 5.32 Å². The number of rotatable bonds is 3. The molecule has 1 saturated carbocycles. The van der Waals surface area contributed by atoms with Crippen molar-refractivity contribution >= 4 is 34.2 Å². The van der Waals surface area contributed by atoms with Crippen molar-refractivity contribution in [3.63, 3.8) is 0 Å². The smallest absolute Gasteiger partial charge is 0.269 e. The first-order valence-corrected chi connectivity index (χ1v) is 11.1. The fraction of sp³-hybridized carbons (Fsp3) is 0.579. The van der Waals surface area contributed by atoms with Crippen molar-refractivity contribution in [2.24, 2.45) is 0 Å². The topological polar surface area (TPSA) is 86.8 Å². The minimum Gasteiger partial charge on any atom is -0.339 e. The van der Waals surface area contributed by atoms with E-state index in [9.17, 15) is 18.0 Å². The standard InChI is InChI=1S/C19H23N3O4S.ClH/c1-21(15-9-12-3-4-13(10-15)20-12)18(23)11-2-7-16-17(8-11)27(25,26)22(19(16)24)14-5-6-14;/h2,7-8,12-15,20H,3-6,9-10H2,1H3;1H. The van der Waals surface area contributed by atoms with Crippen LogP contribution in [0.4, 0.5) is 0 Å². The summed E-state index contributed by atoms with van der Waals surface area (Å²) in [5.74, 6) is -0.647. The van der Waals surface area contributed by atoms with Crippen LogP contribution in [0.3, 0.4) is 0 Å². The van der Waals surface area contributed by atoms with Gasteiger partial charge in [0.1, 0.15) is 4.90 Å². The van der Waals surface area contributed by atoms with Gasteiger partial charge in [-0.25, -0.2) is 12.7 Å². The molecule has 152 valence electrons. The van der Waals surface area contributed by atoms with Gasteiger partial charge in [0.25, 0.3) is 21.8 Å². The number of sulfonamides is 1. The summed E-state index contributed by atoms with van der Waals surface area (Å²) in [7, 11) is -2.05. The lowest BCUT2D eigenvalue weighted by molar-refractivity contribution is 0.0680. The number of piperidine rings is 1. The van der Waals surface area contributed by atoms with E-state index in [-0.39, 0.29) is 40.9 Å². The summed E-state index contributed by atoms with van der Waals surface area (Å²) in [6.45, 7) is 0. The van der Waals surface area contributed by atoms with Gasteiger partial charge in [0.15, 0.2) is 0 Å². The number of hydrogen-bond donors (Lipinski definition) is 1. The molecule has 3 heterocycles. The van der Waals surface area contributed by atoms with Gasteiger partial charge in [-0.05, 0) is 56.7 Å². The van der Waals surface area contributed by atoms with E-state index >= 15 is 0 Å². The van der Waals surface area contributed by atoms with Gasteiger partial charge < -0.3 is 10.2 Å². The number of nitrogens with one attached hydrogen (secondary N) is 1. The third-order valence-electron chi connectivity index (χ3n) is 6.39. The van der Waals surface area contributed by atoms with E-state index in [4.69, 9.17) is 0 Å². The van der Waals surface area contributed by atoms with E-state index in [0.717, 1.165) is 30.0 Å². The van der Waals surface area contributed by atoms with E-state index in [0.29, 0.717) is 30.5 Å². The lowest BCUT2D eigenvalue weighted by Crippen LogP contribution is -2.48. The molecule has 2 atom stereocenters. The van der Waals surface area contributed by atoms with E-state index in [1.807, 2.05) is 0 Å². The number of carbonyl (C=O) groups is 2. The summed E-state index contributed by atoms with van der Waals surface area (Å²) >= 11 is 0. The molecule has 0 spiro atoms. The Morgan fingerprint density at radius 1 is 1.14 bits per heavy atom. The molecule has 2 amide bonds. The maximum absolute atomic E-state index is 13.0. The van der Waals surface area contributed by atoms with Crippen LogP contribution in [0, 0.1) is 0 Å². The molecule has 9 heteroatoms. The predicted molar refractivity (Wildman–Crippen MR) is 105 cm³/mol. The third kappa shape index (κ3) is 2.93. The first kappa shape index (κ1) is 19.7. The van der Waals surface area contributed by atoms with E-state index in [1.165, 1.54) is 12.1 Å². The molecule has 1 aromatic rings. The van der Waals surface area contributed by atoms with Gasteiger partial charge >= 0.3 is 0 Å². The Kier molecular flexibility index (Phi) is 4.71. The fourth-order valence-corrected chi connectivity index (χ4v) is 6.60. The molecule has 5 rings (SSSR count). The molecule has 0 radical (unpaired) electrons. The Morgan fingerprint density at radius 2 is 1.79 bits per heavy atom. The monoisotopic (exact) mass is 425 g/mol. The fourth-order valence-electron chi connectivity index (χ4n) is 4.76. The van der Waals surface area contributed by atoms with Crippen LogP contribution in [-0.2, 0) is 10.0 Å². The Hall–Kier alpha value is -1.64. The van der Waals surface area contributed by atoms with Crippen LogP contribution in [0.5, 0.6) is 0 Å². The molecule has 1 aliphatic carbocycles. The first-order chi connectivity index (χ1) is 12.9. The van der Waals surface area contributed by atoms with Crippen LogP contribution in [0.2, 0.25) is 0 Å². The van der Waals surface area contributed by atoms with Gasteiger partial charge in [0.05, 0.1) is 5.56 Å². The molecule has 28 heavy (non-hydrogen) atoms. The second-order valence-corrected chi connectivity index (χ2v) is 10.0. The molecule has 1 aromatic carbocycles. The largest absolute Gasteiger partial charge is 0.339 e. The van der Waals surface area contributed by atoms with Gasteiger partial charge in [-0.3, -0.25) is 9.59 Å². The average Bonchev–Trinajstić information content (AvgIpc) is 3.39. The number of carbonyl (C=O) groups excluding carboxylic acids is 2. The highest BCUT2D eigenvalue weighted by Gasteiger charge is 2.49. The number of benzene rings is 1. The molecule has 2 saturated heterocycles. The Balaban J connectivity index is 0.00000192. The summed E-state index contributed by atoms with van der Waals surface area (Å²) in [6.07, 6.45) is 5.59. The maximum atomic E-state index is 13.0. The van der Waals surface area contributed by atoms with Gasteiger partial charge in [-0.15, -0.1) is 12.4 Å². The van der Waals surface area contributed by atoms with Crippen molar-refractivity contribution in [1.82, 2.24) is 14.5 Å². The van der Waals surface area contributed by atoms with Crippen LogP contribution in [0.15, 0.2) is 23.1 Å². The minimum atomic E-state index is -3.84. The van der Waals surface area contributed by atoms with Gasteiger partial charge in [0, 0.05) is 36.8 Å². The summed E-state index contributed by atoms with van der Waals surface area (Å²) in [5, 5.41) is 3.56. The Morgan fingerprint density at radius 3 is 2.39 bits per heavy atom. The Bertz CT molecular complexity index is 934. The van der Waals surface area contributed by atoms with Crippen LogP contribution >= 0.6 is 12.4 Å². The highest BCUT2D eigenvalue weighted by molar-refractivity contribution is 7.90. The third-order valence-corrected chi connectivity index (χ3v) is 8.27. The van der Waals surface area contributed by atoms with Gasteiger partial charge in [-0.1, -0.05) is 0 Å². The lowest BCUT2D eigenvalue weighted by Gasteiger charge is -2.35.